The highest BCUT2D eigenvalue weighted by Gasteiger charge is 2.31. The second-order valence-electron chi connectivity index (χ2n) is 9.35. The van der Waals surface area contributed by atoms with E-state index in [1.807, 2.05) is 6.08 Å². The number of hydrogen-bond donors (Lipinski definition) is 0. The van der Waals surface area contributed by atoms with E-state index in [1.54, 1.807) is 6.92 Å². The summed E-state index contributed by atoms with van der Waals surface area (Å²) in [5, 5.41) is 0. The van der Waals surface area contributed by atoms with E-state index in [9.17, 15) is 17.6 Å². The molecule has 0 spiro atoms. The van der Waals surface area contributed by atoms with Crippen LogP contribution in [0.4, 0.5) is 17.6 Å². The van der Waals surface area contributed by atoms with Gasteiger partial charge in [-0.2, -0.15) is 4.39 Å². The van der Waals surface area contributed by atoms with E-state index in [4.69, 9.17) is 14.2 Å². The summed E-state index contributed by atoms with van der Waals surface area (Å²) in [5.74, 6) is -4.05. The molecule has 2 heterocycles. The number of rotatable bonds is 8. The van der Waals surface area contributed by atoms with Crippen LogP contribution in [0.1, 0.15) is 44.6 Å². The van der Waals surface area contributed by atoms with Gasteiger partial charge in [-0.25, -0.2) is 13.2 Å². The zero-order chi connectivity index (χ0) is 24.9. The molecule has 4 rings (SSSR count). The quantitative estimate of drug-likeness (QED) is 0.293. The first-order chi connectivity index (χ1) is 16.9. The Morgan fingerprint density at radius 1 is 0.857 bits per heavy atom. The lowest BCUT2D eigenvalue weighted by molar-refractivity contribution is -0.0716. The first-order valence-corrected chi connectivity index (χ1v) is 12.4. The molecule has 190 valence electrons. The fourth-order valence-electron chi connectivity index (χ4n) is 5.09. The first-order valence-electron chi connectivity index (χ1n) is 12.4. The zero-order valence-corrected chi connectivity index (χ0v) is 20.0. The third-order valence-electron chi connectivity index (χ3n) is 7.22. The Hall–Kier alpha value is -2.38. The van der Waals surface area contributed by atoms with E-state index in [-0.39, 0.29) is 41.3 Å². The van der Waals surface area contributed by atoms with Gasteiger partial charge in [-0.05, 0) is 75.0 Å². The van der Waals surface area contributed by atoms with Crippen LogP contribution in [-0.4, -0.2) is 32.0 Å². The number of hydrogen-bond acceptors (Lipinski definition) is 3. The van der Waals surface area contributed by atoms with Crippen molar-refractivity contribution in [1.29, 1.82) is 0 Å². The third kappa shape index (κ3) is 5.72. The molecule has 0 bridgehead atoms. The molecule has 0 N–H and O–H groups in total. The average Bonchev–Trinajstić information content (AvgIpc) is 2.89. The van der Waals surface area contributed by atoms with Gasteiger partial charge >= 0.3 is 0 Å². The summed E-state index contributed by atoms with van der Waals surface area (Å²) in [6.45, 7) is 6.96. The van der Waals surface area contributed by atoms with Crippen molar-refractivity contribution in [2.75, 3.05) is 19.8 Å². The summed E-state index contributed by atoms with van der Waals surface area (Å²) >= 11 is 0. The van der Waals surface area contributed by atoms with Gasteiger partial charge < -0.3 is 14.2 Å². The molecular formula is C28H32F4O3. The molecule has 4 atom stereocenters. The Morgan fingerprint density at radius 2 is 1.51 bits per heavy atom. The van der Waals surface area contributed by atoms with Crippen molar-refractivity contribution >= 4 is 0 Å². The Labute approximate surface area is 204 Å². The summed E-state index contributed by atoms with van der Waals surface area (Å²) in [4.78, 5) is 0. The molecule has 7 heteroatoms. The van der Waals surface area contributed by atoms with Gasteiger partial charge in [0.1, 0.15) is 0 Å². The van der Waals surface area contributed by atoms with Crippen molar-refractivity contribution < 1.29 is 31.8 Å². The second-order valence-corrected chi connectivity index (χ2v) is 9.35. The molecule has 4 unspecified atom stereocenters. The van der Waals surface area contributed by atoms with Crippen molar-refractivity contribution in [2.45, 2.75) is 57.7 Å². The van der Waals surface area contributed by atoms with Gasteiger partial charge in [0.2, 0.25) is 5.82 Å². The maximum absolute atomic E-state index is 14.8. The van der Waals surface area contributed by atoms with Crippen LogP contribution in [0.25, 0.3) is 11.1 Å². The van der Waals surface area contributed by atoms with E-state index in [0.717, 1.165) is 32.3 Å². The van der Waals surface area contributed by atoms with E-state index in [2.05, 4.69) is 6.58 Å². The normalized spacial score (nSPS) is 24.8. The third-order valence-corrected chi connectivity index (χ3v) is 7.22. The van der Waals surface area contributed by atoms with Crippen LogP contribution in [0.15, 0.2) is 36.9 Å². The fourth-order valence-corrected chi connectivity index (χ4v) is 5.09. The van der Waals surface area contributed by atoms with Crippen LogP contribution in [0.5, 0.6) is 5.75 Å². The van der Waals surface area contributed by atoms with E-state index < -0.39 is 23.3 Å². The van der Waals surface area contributed by atoms with Crippen LogP contribution in [-0.2, 0) is 15.9 Å². The topological polar surface area (TPSA) is 27.7 Å². The molecule has 3 nitrogen and oxygen atoms in total. The standard InChI is InChI=1S/C28H32F4O3/c1-3-20-9-6-18(15-34-20)19-7-11-21(35-16-19)10-5-17-8-12-22(26(30)25(17)29)23-13-14-24(33-4-2)28(32)27(23)31/h3,8,12-14,18-21H,1,4-7,9-11,15-16H2,2H3. The van der Waals surface area contributed by atoms with E-state index in [1.165, 1.54) is 24.3 Å². The molecule has 0 radical (unpaired) electrons. The second kappa shape index (κ2) is 11.6. The van der Waals surface area contributed by atoms with Crippen molar-refractivity contribution in [3.63, 3.8) is 0 Å². The molecule has 0 aliphatic carbocycles. The Bertz CT molecular complexity index is 1030. The summed E-state index contributed by atoms with van der Waals surface area (Å²) in [5.41, 5.74) is -0.475. The van der Waals surface area contributed by atoms with E-state index in [0.29, 0.717) is 31.3 Å². The van der Waals surface area contributed by atoms with Gasteiger partial charge in [0.05, 0.1) is 32.0 Å². The molecule has 35 heavy (non-hydrogen) atoms. The summed E-state index contributed by atoms with van der Waals surface area (Å²) < 4.78 is 75.3. The molecule has 0 amide bonds. The lowest BCUT2D eigenvalue weighted by Gasteiger charge is -2.37. The molecule has 0 aromatic heterocycles. The van der Waals surface area contributed by atoms with Crippen LogP contribution < -0.4 is 4.74 Å². The Balaban J connectivity index is 1.35. The summed E-state index contributed by atoms with van der Waals surface area (Å²) in [7, 11) is 0. The molecule has 2 fully saturated rings. The lowest BCUT2D eigenvalue weighted by atomic mass is 9.81. The van der Waals surface area contributed by atoms with Crippen molar-refractivity contribution in [3.8, 4) is 16.9 Å². The SMILES string of the molecule is C=CC1CCC(C2CCC(CCc3ccc(-c4ccc(OCC)c(F)c4F)c(F)c3F)OC2)CO1. The van der Waals surface area contributed by atoms with Crippen LogP contribution in [0, 0.1) is 35.1 Å². The highest BCUT2D eigenvalue weighted by molar-refractivity contribution is 5.66. The largest absolute Gasteiger partial charge is 0.491 e. The number of benzene rings is 2. The predicted molar refractivity (Wildman–Crippen MR) is 126 cm³/mol. The van der Waals surface area contributed by atoms with Gasteiger partial charge in [0.25, 0.3) is 0 Å². The Morgan fingerprint density at radius 3 is 2.11 bits per heavy atom. The highest BCUT2D eigenvalue weighted by Crippen LogP contribution is 2.35. The van der Waals surface area contributed by atoms with Crippen LogP contribution in [0.3, 0.4) is 0 Å². The maximum atomic E-state index is 14.8. The molecule has 2 aromatic carbocycles. The fraction of sp³-hybridized carbons (Fsp3) is 0.500. The molecule has 2 saturated heterocycles. The van der Waals surface area contributed by atoms with Gasteiger partial charge in [-0.15, -0.1) is 6.58 Å². The highest BCUT2D eigenvalue weighted by atomic mass is 19.2. The Kier molecular flexibility index (Phi) is 8.50. The van der Waals surface area contributed by atoms with E-state index >= 15 is 0 Å². The van der Waals surface area contributed by atoms with Crippen LogP contribution >= 0.6 is 0 Å². The molecule has 2 aliphatic heterocycles. The molecular weight excluding hydrogens is 460 g/mol. The minimum absolute atomic E-state index is 0.0172. The van der Waals surface area contributed by atoms with Crippen molar-refractivity contribution in [2.24, 2.45) is 11.8 Å². The number of halogens is 4. The summed E-state index contributed by atoms with van der Waals surface area (Å²) in [6.07, 6.45) is 6.82. The first kappa shape index (κ1) is 25.7. The smallest absolute Gasteiger partial charge is 0.201 e. The van der Waals surface area contributed by atoms with Gasteiger partial charge in [0, 0.05) is 11.1 Å². The van der Waals surface area contributed by atoms with Gasteiger partial charge in [0.15, 0.2) is 23.2 Å². The zero-order valence-electron chi connectivity index (χ0n) is 20.0. The van der Waals surface area contributed by atoms with Crippen molar-refractivity contribution in [3.05, 3.63) is 65.8 Å². The molecule has 2 aromatic rings. The average molecular weight is 493 g/mol. The number of ether oxygens (including phenoxy) is 3. The lowest BCUT2D eigenvalue weighted by Crippen LogP contribution is -2.36. The van der Waals surface area contributed by atoms with Crippen molar-refractivity contribution in [1.82, 2.24) is 0 Å². The molecule has 2 aliphatic rings. The maximum Gasteiger partial charge on any atom is 0.201 e. The minimum atomic E-state index is -1.27. The predicted octanol–water partition coefficient (Wildman–Crippen LogP) is 7.02. The van der Waals surface area contributed by atoms with Gasteiger partial charge in [-0.1, -0.05) is 18.2 Å². The monoisotopic (exact) mass is 492 g/mol. The summed E-state index contributed by atoms with van der Waals surface area (Å²) in [6, 6.07) is 5.14. The molecule has 0 saturated carbocycles. The minimum Gasteiger partial charge on any atom is -0.491 e. The van der Waals surface area contributed by atoms with Gasteiger partial charge in [-0.3, -0.25) is 0 Å². The van der Waals surface area contributed by atoms with Crippen LogP contribution in [0.2, 0.25) is 0 Å². The number of aryl methyl sites for hydroxylation is 1.